The Morgan fingerprint density at radius 1 is 1.14 bits per heavy atom. The van der Waals surface area contributed by atoms with Crippen LogP contribution in [0.4, 0.5) is 0 Å². The Labute approximate surface area is 163 Å². The van der Waals surface area contributed by atoms with Gasteiger partial charge >= 0.3 is 0 Å². The van der Waals surface area contributed by atoms with Gasteiger partial charge in [0.2, 0.25) is 0 Å². The minimum Gasteiger partial charge on any atom is -0.493 e. The van der Waals surface area contributed by atoms with Crippen LogP contribution in [0, 0.1) is 6.92 Å². The number of aryl methyl sites for hydroxylation is 1. The van der Waals surface area contributed by atoms with Gasteiger partial charge in [-0.2, -0.15) is 5.10 Å². The number of hydrogen-bond donors (Lipinski definition) is 1. The number of hydrogen-bond acceptors (Lipinski definition) is 5. The van der Waals surface area contributed by atoms with Gasteiger partial charge in [-0.25, -0.2) is 5.43 Å². The van der Waals surface area contributed by atoms with E-state index in [4.69, 9.17) is 9.47 Å². The largest absolute Gasteiger partial charge is 0.493 e. The maximum Gasteiger partial charge on any atom is 0.272 e. The minimum atomic E-state index is -0.325. The molecule has 1 aromatic heterocycles. The van der Waals surface area contributed by atoms with Crippen molar-refractivity contribution < 1.29 is 14.3 Å². The zero-order chi connectivity index (χ0) is 19.8. The first-order valence-electron chi connectivity index (χ1n) is 8.75. The molecule has 0 spiro atoms. The maximum absolute atomic E-state index is 11.9. The van der Waals surface area contributed by atoms with Crippen LogP contribution in [0.3, 0.4) is 0 Å². The van der Waals surface area contributed by atoms with Gasteiger partial charge in [0.15, 0.2) is 11.5 Å². The SMILES string of the molecule is COc1cc(/C=N/NC(=O)c2cccnc2)ccc1OCc1ccc(C)cc1. The molecule has 0 saturated carbocycles. The van der Waals surface area contributed by atoms with Gasteiger partial charge in [0, 0.05) is 12.4 Å². The Bertz CT molecular complexity index is 955. The summed E-state index contributed by atoms with van der Waals surface area (Å²) in [6.07, 6.45) is 4.63. The molecule has 0 aliphatic rings. The summed E-state index contributed by atoms with van der Waals surface area (Å²) in [6, 6.07) is 17.0. The van der Waals surface area contributed by atoms with Gasteiger partial charge < -0.3 is 9.47 Å². The van der Waals surface area contributed by atoms with Gasteiger partial charge in [0.25, 0.3) is 5.91 Å². The van der Waals surface area contributed by atoms with E-state index >= 15 is 0 Å². The molecular formula is C22H21N3O3. The number of ether oxygens (including phenoxy) is 2. The Morgan fingerprint density at radius 3 is 2.68 bits per heavy atom. The van der Waals surface area contributed by atoms with E-state index in [0.717, 1.165) is 11.1 Å². The third kappa shape index (κ3) is 5.17. The average molecular weight is 375 g/mol. The first-order chi connectivity index (χ1) is 13.7. The van der Waals surface area contributed by atoms with E-state index in [2.05, 4.69) is 27.6 Å². The highest BCUT2D eigenvalue weighted by Gasteiger charge is 2.06. The fourth-order valence-corrected chi connectivity index (χ4v) is 2.46. The lowest BCUT2D eigenvalue weighted by Gasteiger charge is -2.11. The molecule has 6 heteroatoms. The zero-order valence-electron chi connectivity index (χ0n) is 15.8. The number of nitrogens with zero attached hydrogens (tertiary/aromatic N) is 2. The molecule has 3 aromatic rings. The normalized spacial score (nSPS) is 10.6. The smallest absolute Gasteiger partial charge is 0.272 e. The number of aromatic nitrogens is 1. The number of carbonyl (C=O) groups excluding carboxylic acids is 1. The Kier molecular flexibility index (Phi) is 6.36. The van der Waals surface area contributed by atoms with Gasteiger partial charge in [-0.05, 0) is 48.4 Å². The van der Waals surface area contributed by atoms with E-state index in [9.17, 15) is 4.79 Å². The highest BCUT2D eigenvalue weighted by molar-refractivity contribution is 5.94. The predicted molar refractivity (Wildman–Crippen MR) is 108 cm³/mol. The molecule has 0 fully saturated rings. The van der Waals surface area contributed by atoms with Crippen molar-refractivity contribution in [2.75, 3.05) is 7.11 Å². The molecule has 1 amide bonds. The van der Waals surface area contributed by atoms with Gasteiger partial charge in [-0.3, -0.25) is 9.78 Å². The lowest BCUT2D eigenvalue weighted by molar-refractivity contribution is 0.0955. The molecule has 0 aliphatic heterocycles. The summed E-state index contributed by atoms with van der Waals surface area (Å²) in [4.78, 5) is 15.8. The Balaban J connectivity index is 1.62. The van der Waals surface area contributed by atoms with E-state index in [0.29, 0.717) is 23.7 Å². The molecule has 142 valence electrons. The van der Waals surface area contributed by atoms with Crippen LogP contribution in [-0.2, 0) is 6.61 Å². The fourth-order valence-electron chi connectivity index (χ4n) is 2.46. The summed E-state index contributed by atoms with van der Waals surface area (Å²) in [7, 11) is 1.58. The second-order valence-corrected chi connectivity index (χ2v) is 6.13. The third-order valence-corrected chi connectivity index (χ3v) is 4.01. The van der Waals surface area contributed by atoms with E-state index in [1.54, 1.807) is 37.7 Å². The monoisotopic (exact) mass is 375 g/mol. The van der Waals surface area contributed by atoms with Crippen LogP contribution < -0.4 is 14.9 Å². The summed E-state index contributed by atoms with van der Waals surface area (Å²) in [5.74, 6) is 0.906. The molecule has 28 heavy (non-hydrogen) atoms. The van der Waals surface area contributed by atoms with Crippen molar-refractivity contribution in [2.24, 2.45) is 5.10 Å². The molecule has 0 unspecified atom stereocenters. The van der Waals surface area contributed by atoms with Gasteiger partial charge in [0.05, 0.1) is 18.9 Å². The summed E-state index contributed by atoms with van der Waals surface area (Å²) in [5.41, 5.74) is 5.97. The van der Waals surface area contributed by atoms with E-state index in [1.807, 2.05) is 31.2 Å². The highest BCUT2D eigenvalue weighted by atomic mass is 16.5. The number of amides is 1. The Morgan fingerprint density at radius 2 is 1.96 bits per heavy atom. The summed E-state index contributed by atoms with van der Waals surface area (Å²) >= 11 is 0. The number of hydrazone groups is 1. The van der Waals surface area contributed by atoms with Gasteiger partial charge in [0.1, 0.15) is 6.61 Å². The number of nitrogens with one attached hydrogen (secondary N) is 1. The van der Waals surface area contributed by atoms with Crippen LogP contribution in [0.2, 0.25) is 0 Å². The maximum atomic E-state index is 11.9. The molecular weight excluding hydrogens is 354 g/mol. The number of rotatable bonds is 7. The van der Waals surface area contributed by atoms with Crippen molar-refractivity contribution >= 4 is 12.1 Å². The molecule has 0 saturated heterocycles. The van der Waals surface area contributed by atoms with E-state index < -0.39 is 0 Å². The van der Waals surface area contributed by atoms with Crippen LogP contribution in [-0.4, -0.2) is 24.2 Å². The quantitative estimate of drug-likeness (QED) is 0.504. The molecule has 6 nitrogen and oxygen atoms in total. The highest BCUT2D eigenvalue weighted by Crippen LogP contribution is 2.28. The standard InChI is InChI=1S/C22H21N3O3/c1-16-5-7-17(8-6-16)15-28-20-10-9-18(12-21(20)27-2)13-24-25-22(26)19-4-3-11-23-14-19/h3-14H,15H2,1-2H3,(H,25,26)/b24-13+. The fraction of sp³-hybridized carbons (Fsp3) is 0.136. The average Bonchev–Trinajstić information content (AvgIpc) is 2.74. The zero-order valence-corrected chi connectivity index (χ0v) is 15.8. The lowest BCUT2D eigenvalue weighted by Crippen LogP contribution is -2.17. The minimum absolute atomic E-state index is 0.325. The van der Waals surface area contributed by atoms with E-state index in [-0.39, 0.29) is 5.91 Å². The number of methoxy groups -OCH3 is 1. The van der Waals surface area contributed by atoms with Crippen molar-refractivity contribution in [1.29, 1.82) is 0 Å². The van der Waals surface area contributed by atoms with Crippen LogP contribution >= 0.6 is 0 Å². The topological polar surface area (TPSA) is 72.8 Å². The van der Waals surface area contributed by atoms with Crippen LogP contribution in [0.25, 0.3) is 0 Å². The summed E-state index contributed by atoms with van der Waals surface area (Å²) < 4.78 is 11.3. The summed E-state index contributed by atoms with van der Waals surface area (Å²) in [6.45, 7) is 2.50. The van der Waals surface area contributed by atoms with E-state index in [1.165, 1.54) is 11.8 Å². The van der Waals surface area contributed by atoms with Gasteiger partial charge in [-0.15, -0.1) is 0 Å². The van der Waals surface area contributed by atoms with Crippen LogP contribution in [0.1, 0.15) is 27.0 Å². The molecule has 1 N–H and O–H groups in total. The molecule has 3 rings (SSSR count). The van der Waals surface area contributed by atoms with Crippen molar-refractivity contribution in [3.05, 3.63) is 89.2 Å². The number of benzene rings is 2. The molecule has 0 radical (unpaired) electrons. The molecule has 1 heterocycles. The molecule has 0 bridgehead atoms. The van der Waals surface area contributed by atoms with Gasteiger partial charge in [-0.1, -0.05) is 29.8 Å². The Hall–Kier alpha value is -3.67. The van der Waals surface area contributed by atoms with Crippen LogP contribution in [0.15, 0.2) is 72.1 Å². The van der Waals surface area contributed by atoms with Crippen LogP contribution in [0.5, 0.6) is 11.5 Å². The van der Waals surface area contributed by atoms with Crippen molar-refractivity contribution in [1.82, 2.24) is 10.4 Å². The second-order valence-electron chi connectivity index (χ2n) is 6.13. The molecule has 0 atom stereocenters. The van der Waals surface area contributed by atoms with Crippen molar-refractivity contribution in [2.45, 2.75) is 13.5 Å². The van der Waals surface area contributed by atoms with Crippen molar-refractivity contribution in [3.8, 4) is 11.5 Å². The lowest BCUT2D eigenvalue weighted by atomic mass is 10.2. The third-order valence-electron chi connectivity index (χ3n) is 4.01. The first-order valence-corrected chi connectivity index (χ1v) is 8.75. The molecule has 0 aliphatic carbocycles. The first kappa shape index (κ1) is 19.1. The summed E-state index contributed by atoms with van der Waals surface area (Å²) in [5, 5.41) is 3.98. The number of pyridine rings is 1. The molecule has 2 aromatic carbocycles. The number of carbonyl (C=O) groups is 1. The van der Waals surface area contributed by atoms with Crippen molar-refractivity contribution in [3.63, 3.8) is 0 Å². The predicted octanol–water partition coefficient (Wildman–Crippen LogP) is 3.74. The second kappa shape index (κ2) is 9.32.